The van der Waals surface area contributed by atoms with Gasteiger partial charge < -0.3 is 5.32 Å². The van der Waals surface area contributed by atoms with Gasteiger partial charge in [-0.15, -0.1) is 0 Å². The van der Waals surface area contributed by atoms with Crippen molar-refractivity contribution in [2.24, 2.45) is 0 Å². The van der Waals surface area contributed by atoms with Crippen molar-refractivity contribution in [1.29, 1.82) is 0 Å². The number of amides is 1. The van der Waals surface area contributed by atoms with Crippen molar-refractivity contribution in [3.05, 3.63) is 41.1 Å². The minimum atomic E-state index is 0.174. The third-order valence-corrected chi connectivity index (χ3v) is 5.16. The third kappa shape index (κ3) is 4.10. The number of nitrogens with one attached hydrogen (secondary N) is 2. The maximum atomic E-state index is 11.5. The van der Waals surface area contributed by atoms with Crippen LogP contribution in [-0.4, -0.2) is 39.6 Å². The van der Waals surface area contributed by atoms with Crippen molar-refractivity contribution in [2.45, 2.75) is 59.2 Å². The predicted octanol–water partition coefficient (Wildman–Crippen LogP) is 3.18. The zero-order valence-electron chi connectivity index (χ0n) is 15.6. The molecule has 1 atom stereocenters. The van der Waals surface area contributed by atoms with Gasteiger partial charge in [0.2, 0.25) is 5.91 Å². The summed E-state index contributed by atoms with van der Waals surface area (Å²) in [6, 6.07) is 7.18. The molecular weight excluding hydrogens is 312 g/mol. The molecule has 25 heavy (non-hydrogen) atoms. The number of hydrogen-bond donors (Lipinski definition) is 2. The predicted molar refractivity (Wildman–Crippen MR) is 100 cm³/mol. The standard InChI is InChI=1S/C20H28N4O/c1-13(2)24(12-18-7-8-19(25)22-18)11-17-10-21-23-20(17)16-6-5-14(3)15(4)9-16/h5-6,9-10,13,18H,7-8,11-12H2,1-4H3,(H,21,23)(H,22,25). The summed E-state index contributed by atoms with van der Waals surface area (Å²) in [4.78, 5) is 13.9. The molecule has 0 spiro atoms. The highest BCUT2D eigenvalue weighted by Crippen LogP contribution is 2.25. The van der Waals surface area contributed by atoms with E-state index in [4.69, 9.17) is 0 Å². The van der Waals surface area contributed by atoms with E-state index >= 15 is 0 Å². The van der Waals surface area contributed by atoms with Crippen LogP contribution in [0.3, 0.4) is 0 Å². The zero-order chi connectivity index (χ0) is 18.0. The molecule has 1 saturated heterocycles. The molecule has 134 valence electrons. The molecule has 0 radical (unpaired) electrons. The number of nitrogens with zero attached hydrogens (tertiary/aromatic N) is 2. The van der Waals surface area contributed by atoms with Gasteiger partial charge in [0.15, 0.2) is 0 Å². The van der Waals surface area contributed by atoms with Gasteiger partial charge in [-0.1, -0.05) is 12.1 Å². The van der Waals surface area contributed by atoms with Crippen LogP contribution in [0.4, 0.5) is 0 Å². The first-order chi connectivity index (χ1) is 11.9. The van der Waals surface area contributed by atoms with Crippen molar-refractivity contribution in [3.63, 3.8) is 0 Å². The Kier molecular flexibility index (Phi) is 5.23. The van der Waals surface area contributed by atoms with Gasteiger partial charge in [0.05, 0.1) is 11.9 Å². The van der Waals surface area contributed by atoms with Crippen LogP contribution in [0.1, 0.15) is 43.4 Å². The second kappa shape index (κ2) is 7.40. The number of rotatable bonds is 6. The van der Waals surface area contributed by atoms with Crippen LogP contribution in [-0.2, 0) is 11.3 Å². The van der Waals surface area contributed by atoms with E-state index in [2.05, 4.69) is 66.3 Å². The summed E-state index contributed by atoms with van der Waals surface area (Å²) in [7, 11) is 0. The van der Waals surface area contributed by atoms with E-state index in [1.54, 1.807) is 0 Å². The first-order valence-electron chi connectivity index (χ1n) is 9.07. The Labute approximate surface area is 149 Å². The van der Waals surface area contributed by atoms with Crippen LogP contribution in [0.5, 0.6) is 0 Å². The summed E-state index contributed by atoms with van der Waals surface area (Å²) < 4.78 is 0. The average molecular weight is 340 g/mol. The Morgan fingerprint density at radius 2 is 2.08 bits per heavy atom. The van der Waals surface area contributed by atoms with E-state index in [1.165, 1.54) is 22.3 Å². The second-order valence-corrected chi connectivity index (χ2v) is 7.40. The van der Waals surface area contributed by atoms with Gasteiger partial charge in [0.1, 0.15) is 0 Å². The van der Waals surface area contributed by atoms with Gasteiger partial charge in [-0.25, -0.2) is 0 Å². The molecule has 0 aliphatic carbocycles. The molecule has 1 fully saturated rings. The Morgan fingerprint density at radius 3 is 2.72 bits per heavy atom. The highest BCUT2D eigenvalue weighted by molar-refractivity contribution is 5.78. The Bertz CT molecular complexity index is 750. The van der Waals surface area contributed by atoms with Crippen LogP contribution in [0.15, 0.2) is 24.4 Å². The molecule has 1 aromatic carbocycles. The van der Waals surface area contributed by atoms with Gasteiger partial charge in [0, 0.05) is 42.7 Å². The van der Waals surface area contributed by atoms with E-state index in [1.807, 2.05) is 6.20 Å². The van der Waals surface area contributed by atoms with Crippen LogP contribution in [0, 0.1) is 13.8 Å². The molecule has 0 bridgehead atoms. The number of carbonyl (C=O) groups is 1. The first kappa shape index (κ1) is 17.7. The van der Waals surface area contributed by atoms with Gasteiger partial charge in [0.25, 0.3) is 0 Å². The fourth-order valence-corrected chi connectivity index (χ4v) is 3.35. The smallest absolute Gasteiger partial charge is 0.220 e. The lowest BCUT2D eigenvalue weighted by Crippen LogP contribution is -2.41. The van der Waals surface area contributed by atoms with Crippen LogP contribution in [0.2, 0.25) is 0 Å². The Hall–Kier alpha value is -2.14. The molecule has 1 unspecified atom stereocenters. The van der Waals surface area contributed by atoms with Crippen molar-refractivity contribution in [1.82, 2.24) is 20.4 Å². The molecule has 1 aromatic heterocycles. The van der Waals surface area contributed by atoms with E-state index in [-0.39, 0.29) is 11.9 Å². The Morgan fingerprint density at radius 1 is 1.28 bits per heavy atom. The van der Waals surface area contributed by atoms with E-state index in [0.717, 1.165) is 25.2 Å². The summed E-state index contributed by atoms with van der Waals surface area (Å²) in [5.41, 5.74) is 6.04. The van der Waals surface area contributed by atoms with Crippen molar-refractivity contribution in [3.8, 4) is 11.3 Å². The number of benzene rings is 1. The maximum Gasteiger partial charge on any atom is 0.220 e. The zero-order valence-corrected chi connectivity index (χ0v) is 15.6. The quantitative estimate of drug-likeness (QED) is 0.849. The summed E-state index contributed by atoms with van der Waals surface area (Å²) >= 11 is 0. The van der Waals surface area contributed by atoms with E-state index in [0.29, 0.717) is 12.5 Å². The minimum Gasteiger partial charge on any atom is -0.352 e. The highest BCUT2D eigenvalue weighted by atomic mass is 16.1. The third-order valence-electron chi connectivity index (χ3n) is 5.16. The molecule has 1 aliphatic heterocycles. The second-order valence-electron chi connectivity index (χ2n) is 7.40. The Balaban J connectivity index is 1.78. The van der Waals surface area contributed by atoms with Gasteiger partial charge >= 0.3 is 0 Å². The molecule has 2 heterocycles. The first-order valence-corrected chi connectivity index (χ1v) is 9.07. The monoisotopic (exact) mass is 340 g/mol. The van der Waals surface area contributed by atoms with E-state index < -0.39 is 0 Å². The SMILES string of the molecule is Cc1ccc(-c2[nH]ncc2CN(CC2CCC(=O)N2)C(C)C)cc1C. The molecule has 1 aliphatic rings. The lowest BCUT2D eigenvalue weighted by molar-refractivity contribution is -0.119. The molecule has 5 heteroatoms. The van der Waals surface area contributed by atoms with Crippen molar-refractivity contribution < 1.29 is 4.79 Å². The lowest BCUT2D eigenvalue weighted by atomic mass is 10.0. The number of carbonyl (C=O) groups excluding carboxylic acids is 1. The maximum absolute atomic E-state index is 11.5. The van der Waals surface area contributed by atoms with Gasteiger partial charge in [-0.05, 0) is 51.3 Å². The number of H-pyrrole nitrogens is 1. The molecule has 2 aromatic rings. The summed E-state index contributed by atoms with van der Waals surface area (Å²) in [6.07, 6.45) is 3.50. The molecule has 0 saturated carbocycles. The van der Waals surface area contributed by atoms with Gasteiger partial charge in [-0.2, -0.15) is 5.10 Å². The van der Waals surface area contributed by atoms with Crippen LogP contribution >= 0.6 is 0 Å². The number of hydrogen-bond acceptors (Lipinski definition) is 3. The summed E-state index contributed by atoms with van der Waals surface area (Å²) in [6.45, 7) is 10.4. The molecule has 3 rings (SSSR count). The number of aromatic amines is 1. The molecular formula is C20H28N4O. The summed E-state index contributed by atoms with van der Waals surface area (Å²) in [5, 5.41) is 10.5. The minimum absolute atomic E-state index is 0.174. The largest absolute Gasteiger partial charge is 0.352 e. The number of aromatic nitrogens is 2. The van der Waals surface area contributed by atoms with Crippen molar-refractivity contribution >= 4 is 5.91 Å². The molecule has 5 nitrogen and oxygen atoms in total. The fraction of sp³-hybridized carbons (Fsp3) is 0.500. The van der Waals surface area contributed by atoms with Crippen LogP contribution < -0.4 is 5.32 Å². The topological polar surface area (TPSA) is 61.0 Å². The number of aryl methyl sites for hydroxylation is 2. The normalized spacial score (nSPS) is 17.5. The average Bonchev–Trinajstić information content (AvgIpc) is 3.18. The van der Waals surface area contributed by atoms with Crippen LogP contribution in [0.25, 0.3) is 11.3 Å². The van der Waals surface area contributed by atoms with Gasteiger partial charge in [-0.3, -0.25) is 14.8 Å². The summed E-state index contributed by atoms with van der Waals surface area (Å²) in [5.74, 6) is 0.174. The fourth-order valence-electron chi connectivity index (χ4n) is 3.35. The molecule has 2 N–H and O–H groups in total. The highest BCUT2D eigenvalue weighted by Gasteiger charge is 2.25. The van der Waals surface area contributed by atoms with E-state index in [9.17, 15) is 4.79 Å². The van der Waals surface area contributed by atoms with Crippen molar-refractivity contribution in [2.75, 3.05) is 6.54 Å². The molecule has 1 amide bonds. The lowest BCUT2D eigenvalue weighted by Gasteiger charge is -2.29.